The van der Waals surface area contributed by atoms with Crippen LogP contribution < -0.4 is 0 Å². The van der Waals surface area contributed by atoms with E-state index in [2.05, 4.69) is 4.74 Å². The number of benzene rings is 3. The molecule has 4 aliphatic carbocycles. The van der Waals surface area contributed by atoms with E-state index in [0.717, 1.165) is 25.3 Å². The third kappa shape index (κ3) is 4.58. The maximum atomic E-state index is 14.4. The molecule has 0 radical (unpaired) electrons. The van der Waals surface area contributed by atoms with E-state index in [4.69, 9.17) is 4.74 Å². The van der Waals surface area contributed by atoms with Crippen LogP contribution in [0.2, 0.25) is 0 Å². The fourth-order valence-corrected chi connectivity index (χ4v) is 7.19. The third-order valence-corrected chi connectivity index (χ3v) is 9.28. The molecular weight excluding hydrogens is 624 g/mol. The molecule has 7 rings (SSSR count). The lowest BCUT2D eigenvalue weighted by atomic mass is 9.61. The van der Waals surface area contributed by atoms with E-state index in [1.54, 1.807) is 19.1 Å². The van der Waals surface area contributed by atoms with E-state index >= 15 is 0 Å². The van der Waals surface area contributed by atoms with E-state index in [1.165, 1.54) is 12.1 Å². The van der Waals surface area contributed by atoms with Gasteiger partial charge in [-0.3, -0.25) is 14.4 Å². The highest BCUT2D eigenvalue weighted by atomic mass is 16.5. The molecule has 0 aliphatic heterocycles. The number of methoxy groups -OCH3 is 1. The minimum atomic E-state index is -1.55. The summed E-state index contributed by atoms with van der Waals surface area (Å²) >= 11 is 0. The lowest BCUT2D eigenvalue weighted by molar-refractivity contribution is -0.155. The van der Waals surface area contributed by atoms with E-state index in [0.29, 0.717) is 18.4 Å². The quantitative estimate of drug-likeness (QED) is 0.0853. The van der Waals surface area contributed by atoms with Gasteiger partial charge in [-0.1, -0.05) is 31.6 Å². The summed E-state index contributed by atoms with van der Waals surface area (Å²) in [6.07, 6.45) is 2.93. The number of aliphatic hydroxyl groups is 1. The van der Waals surface area contributed by atoms with Gasteiger partial charge >= 0.3 is 11.9 Å². The van der Waals surface area contributed by atoms with Crippen molar-refractivity contribution in [3.8, 4) is 28.7 Å². The van der Waals surface area contributed by atoms with Crippen molar-refractivity contribution in [2.45, 2.75) is 51.6 Å². The first kappa shape index (κ1) is 32.2. The van der Waals surface area contributed by atoms with Crippen molar-refractivity contribution in [3.63, 3.8) is 0 Å². The fourth-order valence-electron chi connectivity index (χ4n) is 7.19. The van der Waals surface area contributed by atoms with Crippen molar-refractivity contribution in [1.29, 1.82) is 0 Å². The van der Waals surface area contributed by atoms with Crippen molar-refractivity contribution < 1.29 is 59.3 Å². The van der Waals surface area contributed by atoms with E-state index in [1.807, 2.05) is 6.92 Å². The average molecular weight is 657 g/mol. The van der Waals surface area contributed by atoms with Crippen LogP contribution in [0.5, 0.6) is 28.7 Å². The van der Waals surface area contributed by atoms with Crippen LogP contribution in [0.15, 0.2) is 48.1 Å². The summed E-state index contributed by atoms with van der Waals surface area (Å²) in [5, 5.41) is 66.5. The largest absolute Gasteiger partial charge is 0.507 e. The van der Waals surface area contributed by atoms with Gasteiger partial charge in [-0.25, -0.2) is 4.79 Å². The van der Waals surface area contributed by atoms with Crippen LogP contribution in [-0.4, -0.2) is 61.3 Å². The standard InChI is InChI=1S/C36H32O12/c1-4-5-6-23(41)48-34-18-11-15(2)12-21(39)25(18)33(45)29-30(42)17-9-10-36(29,34)14-16-13-22(40)28(31(43)24(16)17)32(44)26-19(37)7-8-20(38)27(26)35(46)47-3/h7-13,17,34,37-40,43,45H,4-6,14H2,1-3H3/t17-,34+,36+/m1/s1. The predicted octanol–water partition coefficient (Wildman–Crippen LogP) is 5.06. The first-order valence-electron chi connectivity index (χ1n) is 15.2. The van der Waals surface area contributed by atoms with Crippen LogP contribution in [0, 0.1) is 12.3 Å². The number of fused-ring (bicyclic) bond motifs is 1. The molecule has 0 fully saturated rings. The number of allylic oxidation sites excluding steroid dienone is 1. The summed E-state index contributed by atoms with van der Waals surface area (Å²) in [5.74, 6) is -9.03. The Hall–Kier alpha value is -5.78. The molecular formula is C36H32O12. The zero-order chi connectivity index (χ0) is 34.8. The molecule has 0 amide bonds. The number of aromatic hydroxyl groups is 5. The molecule has 3 atom stereocenters. The monoisotopic (exact) mass is 656 g/mol. The molecule has 248 valence electrons. The average Bonchev–Trinajstić information content (AvgIpc) is 3.25. The first-order valence-corrected chi connectivity index (χ1v) is 15.2. The van der Waals surface area contributed by atoms with Gasteiger partial charge in [0.2, 0.25) is 5.78 Å². The second-order valence-electron chi connectivity index (χ2n) is 12.2. The number of hydrogen-bond acceptors (Lipinski definition) is 12. The molecule has 2 bridgehead atoms. The highest BCUT2D eigenvalue weighted by Crippen LogP contribution is 2.62. The molecule has 3 aromatic carbocycles. The summed E-state index contributed by atoms with van der Waals surface area (Å²) in [7, 11) is 0.989. The third-order valence-electron chi connectivity index (χ3n) is 9.28. The Morgan fingerprint density at radius 2 is 1.60 bits per heavy atom. The number of unbranched alkanes of at least 4 members (excludes halogenated alkanes) is 1. The number of aliphatic hydroxyl groups excluding tert-OH is 1. The Morgan fingerprint density at radius 1 is 0.917 bits per heavy atom. The molecule has 3 aromatic rings. The Balaban J connectivity index is 1.58. The Kier molecular flexibility index (Phi) is 7.69. The van der Waals surface area contributed by atoms with Crippen LogP contribution in [0.4, 0.5) is 0 Å². The molecule has 0 saturated heterocycles. The predicted molar refractivity (Wildman–Crippen MR) is 168 cm³/mol. The lowest BCUT2D eigenvalue weighted by Gasteiger charge is -2.44. The molecule has 6 N–H and O–H groups in total. The molecule has 4 aliphatic rings. The lowest BCUT2D eigenvalue weighted by Crippen LogP contribution is -2.42. The number of esters is 2. The van der Waals surface area contributed by atoms with Crippen molar-refractivity contribution in [2.24, 2.45) is 5.41 Å². The van der Waals surface area contributed by atoms with Gasteiger partial charge in [0.05, 0.1) is 35.1 Å². The SMILES string of the molecule is CCCCC(=O)O[C@H]1c2cc(C)cc(O)c2C(O)=C2C(=O)[C@@H]3C=C[C@]21Cc1cc(O)c(C(=O)c2c(O)ccc(O)c2C(=O)OC)c(O)c13. The van der Waals surface area contributed by atoms with Crippen LogP contribution in [-0.2, 0) is 25.5 Å². The van der Waals surface area contributed by atoms with Crippen LogP contribution in [0.3, 0.4) is 0 Å². The summed E-state index contributed by atoms with van der Waals surface area (Å²) in [4.78, 5) is 53.9. The van der Waals surface area contributed by atoms with Gasteiger partial charge in [0.25, 0.3) is 0 Å². The topological polar surface area (TPSA) is 208 Å². The van der Waals surface area contributed by atoms with Gasteiger partial charge in [-0.15, -0.1) is 0 Å². The molecule has 12 nitrogen and oxygen atoms in total. The van der Waals surface area contributed by atoms with Crippen molar-refractivity contribution in [1.82, 2.24) is 0 Å². The van der Waals surface area contributed by atoms with Crippen molar-refractivity contribution in [2.75, 3.05) is 7.11 Å². The van der Waals surface area contributed by atoms with E-state index < -0.39 is 86.4 Å². The first-order chi connectivity index (χ1) is 22.8. The number of ether oxygens (including phenoxy) is 2. The number of carbonyl (C=O) groups is 4. The van der Waals surface area contributed by atoms with E-state index in [-0.39, 0.29) is 46.4 Å². The number of Topliss-reactive ketones (excluding diaryl/α,β-unsaturated/α-hetero) is 1. The maximum absolute atomic E-state index is 14.4. The van der Waals surface area contributed by atoms with Gasteiger partial charge in [0.15, 0.2) is 5.78 Å². The second kappa shape index (κ2) is 11.5. The van der Waals surface area contributed by atoms with E-state index in [9.17, 15) is 49.8 Å². The van der Waals surface area contributed by atoms with Gasteiger partial charge in [-0.05, 0) is 55.2 Å². The molecule has 0 aromatic heterocycles. The number of phenolic OH excluding ortho intramolecular Hbond substituents is 5. The molecule has 48 heavy (non-hydrogen) atoms. The highest BCUT2D eigenvalue weighted by Gasteiger charge is 2.58. The van der Waals surface area contributed by atoms with Gasteiger partial charge in [0, 0.05) is 17.5 Å². The summed E-state index contributed by atoms with van der Waals surface area (Å²) < 4.78 is 10.7. The van der Waals surface area contributed by atoms with Crippen LogP contribution in [0.25, 0.3) is 5.76 Å². The summed E-state index contributed by atoms with van der Waals surface area (Å²) in [5.41, 5.74) is -3.15. The Morgan fingerprint density at radius 3 is 2.27 bits per heavy atom. The van der Waals surface area contributed by atoms with Crippen molar-refractivity contribution in [3.05, 3.63) is 92.6 Å². The molecule has 0 unspecified atom stereocenters. The van der Waals surface area contributed by atoms with Gasteiger partial charge in [-0.2, -0.15) is 0 Å². The fraction of sp³-hybridized carbons (Fsp3) is 0.278. The number of rotatable bonds is 7. The molecule has 0 saturated carbocycles. The number of aryl methyl sites for hydroxylation is 1. The molecule has 0 heterocycles. The van der Waals surface area contributed by atoms with Gasteiger partial charge < -0.3 is 40.1 Å². The smallest absolute Gasteiger partial charge is 0.342 e. The highest BCUT2D eigenvalue weighted by molar-refractivity contribution is 6.20. The van der Waals surface area contributed by atoms with Crippen LogP contribution in [0.1, 0.15) is 92.3 Å². The number of phenols is 5. The maximum Gasteiger partial charge on any atom is 0.342 e. The van der Waals surface area contributed by atoms with Crippen molar-refractivity contribution >= 4 is 29.3 Å². The molecule has 1 spiro atoms. The summed E-state index contributed by atoms with van der Waals surface area (Å²) in [6.45, 7) is 3.61. The minimum Gasteiger partial charge on any atom is -0.507 e. The minimum absolute atomic E-state index is 0.0700. The normalized spacial score (nSPS) is 20.4. The number of ketones is 2. The zero-order valence-corrected chi connectivity index (χ0v) is 26.2. The Labute approximate surface area is 273 Å². The Bertz CT molecular complexity index is 2020. The second-order valence-corrected chi connectivity index (χ2v) is 12.2. The number of hydrogen-bond donors (Lipinski definition) is 6. The van der Waals surface area contributed by atoms with Crippen LogP contribution >= 0.6 is 0 Å². The summed E-state index contributed by atoms with van der Waals surface area (Å²) in [6, 6.07) is 6.09. The zero-order valence-electron chi connectivity index (χ0n) is 26.2. The molecule has 12 heteroatoms. The number of carbonyl (C=O) groups excluding carboxylic acids is 4. The van der Waals surface area contributed by atoms with Gasteiger partial charge in [0.1, 0.15) is 51.7 Å².